The molecule has 1 aliphatic carbocycles. The summed E-state index contributed by atoms with van der Waals surface area (Å²) in [6.45, 7) is 3.14. The van der Waals surface area contributed by atoms with E-state index in [1.807, 2.05) is 24.3 Å². The number of hydrogen-bond acceptors (Lipinski definition) is 3. The lowest BCUT2D eigenvalue weighted by Gasteiger charge is -2.16. The van der Waals surface area contributed by atoms with Crippen molar-refractivity contribution in [3.8, 4) is 0 Å². The number of carbonyl (C=O) groups excluding carboxylic acids is 1. The molecule has 1 amide bonds. The highest BCUT2D eigenvalue weighted by molar-refractivity contribution is 7.89. The molecule has 0 saturated heterocycles. The smallest absolute Gasteiger partial charge is 0.241 e. The molecule has 0 aromatic heterocycles. The SMILES string of the molecule is CC(=O)Nc1ccc(C)c(S(=O)(=O)NC2CCC(c3cccc(Cl)c3)C2)c1. The fourth-order valence-electron chi connectivity index (χ4n) is 3.61. The van der Waals surface area contributed by atoms with E-state index in [0.717, 1.165) is 24.8 Å². The van der Waals surface area contributed by atoms with Crippen molar-refractivity contribution in [3.05, 3.63) is 58.6 Å². The Kier molecular flexibility index (Phi) is 5.89. The summed E-state index contributed by atoms with van der Waals surface area (Å²) in [7, 11) is -3.67. The Morgan fingerprint density at radius 3 is 2.63 bits per heavy atom. The maximum atomic E-state index is 12.9. The lowest BCUT2D eigenvalue weighted by atomic mass is 9.98. The van der Waals surface area contributed by atoms with Gasteiger partial charge in [-0.2, -0.15) is 0 Å². The molecular weight excluding hydrogens is 384 g/mol. The van der Waals surface area contributed by atoms with Crippen LogP contribution in [0.4, 0.5) is 5.69 Å². The van der Waals surface area contributed by atoms with E-state index in [0.29, 0.717) is 22.2 Å². The van der Waals surface area contributed by atoms with Crippen LogP contribution in [-0.2, 0) is 14.8 Å². The van der Waals surface area contributed by atoms with Gasteiger partial charge in [-0.05, 0) is 67.5 Å². The number of sulfonamides is 1. The quantitative estimate of drug-likeness (QED) is 0.780. The largest absolute Gasteiger partial charge is 0.326 e. The van der Waals surface area contributed by atoms with Crippen LogP contribution in [0.25, 0.3) is 0 Å². The van der Waals surface area contributed by atoms with Gasteiger partial charge in [0.15, 0.2) is 0 Å². The standard InChI is InChI=1S/C20H23ClN2O3S/c1-13-6-8-18(22-14(2)24)12-20(13)27(25,26)23-19-9-7-16(11-19)15-4-3-5-17(21)10-15/h3-6,8,10,12,16,19,23H,7,9,11H2,1-2H3,(H,22,24). The van der Waals surface area contributed by atoms with Crippen molar-refractivity contribution in [1.29, 1.82) is 0 Å². The molecule has 2 aromatic carbocycles. The van der Waals surface area contributed by atoms with Gasteiger partial charge in [-0.1, -0.05) is 29.8 Å². The van der Waals surface area contributed by atoms with Gasteiger partial charge in [0.2, 0.25) is 15.9 Å². The minimum Gasteiger partial charge on any atom is -0.326 e. The highest BCUT2D eigenvalue weighted by Crippen LogP contribution is 2.36. The molecule has 2 atom stereocenters. The molecule has 1 aliphatic rings. The predicted octanol–water partition coefficient (Wildman–Crippen LogP) is 4.22. The first-order chi connectivity index (χ1) is 12.7. The average molecular weight is 407 g/mol. The Balaban J connectivity index is 1.74. The second-order valence-corrected chi connectivity index (χ2v) is 9.16. The van der Waals surface area contributed by atoms with Gasteiger partial charge >= 0.3 is 0 Å². The van der Waals surface area contributed by atoms with E-state index in [1.165, 1.54) is 13.0 Å². The lowest BCUT2D eigenvalue weighted by Crippen LogP contribution is -2.33. The van der Waals surface area contributed by atoms with E-state index in [4.69, 9.17) is 11.6 Å². The highest BCUT2D eigenvalue weighted by atomic mass is 35.5. The number of carbonyl (C=O) groups is 1. The zero-order valence-corrected chi connectivity index (χ0v) is 16.9. The molecule has 2 aromatic rings. The number of nitrogens with one attached hydrogen (secondary N) is 2. The van der Waals surface area contributed by atoms with Crippen molar-refractivity contribution >= 4 is 33.2 Å². The Morgan fingerprint density at radius 2 is 1.93 bits per heavy atom. The third-order valence-corrected chi connectivity index (χ3v) is 6.77. The minimum atomic E-state index is -3.67. The Morgan fingerprint density at radius 1 is 1.15 bits per heavy atom. The van der Waals surface area contributed by atoms with Crippen molar-refractivity contribution < 1.29 is 13.2 Å². The molecule has 0 bridgehead atoms. The summed E-state index contributed by atoms with van der Waals surface area (Å²) in [4.78, 5) is 11.4. The van der Waals surface area contributed by atoms with Crippen LogP contribution in [0, 0.1) is 6.92 Å². The first-order valence-electron chi connectivity index (χ1n) is 8.90. The van der Waals surface area contributed by atoms with Crippen LogP contribution >= 0.6 is 11.6 Å². The molecule has 3 rings (SSSR count). The topological polar surface area (TPSA) is 75.3 Å². The first-order valence-corrected chi connectivity index (χ1v) is 10.8. The molecule has 0 aliphatic heterocycles. The number of amides is 1. The highest BCUT2D eigenvalue weighted by Gasteiger charge is 2.30. The summed E-state index contributed by atoms with van der Waals surface area (Å²) < 4.78 is 28.6. The summed E-state index contributed by atoms with van der Waals surface area (Å²) in [5.74, 6) is 0.0542. The Bertz CT molecular complexity index is 959. The van der Waals surface area contributed by atoms with Gasteiger partial charge in [0.05, 0.1) is 4.90 Å². The molecule has 144 valence electrons. The summed E-state index contributed by atoms with van der Waals surface area (Å²) in [6, 6.07) is 12.5. The molecule has 1 saturated carbocycles. The second kappa shape index (κ2) is 8.00. The van der Waals surface area contributed by atoms with Crippen molar-refractivity contribution in [2.45, 2.75) is 50.0 Å². The molecule has 2 N–H and O–H groups in total. The summed E-state index contributed by atoms with van der Waals surface area (Å²) in [6.07, 6.45) is 2.43. The van der Waals surface area contributed by atoms with E-state index in [9.17, 15) is 13.2 Å². The summed E-state index contributed by atoms with van der Waals surface area (Å²) in [5.41, 5.74) is 2.26. The van der Waals surface area contributed by atoms with Crippen LogP contribution in [0.15, 0.2) is 47.4 Å². The maximum Gasteiger partial charge on any atom is 0.241 e. The van der Waals surface area contributed by atoms with E-state index in [2.05, 4.69) is 10.0 Å². The van der Waals surface area contributed by atoms with Crippen molar-refractivity contribution in [3.63, 3.8) is 0 Å². The fraction of sp³-hybridized carbons (Fsp3) is 0.350. The second-order valence-electron chi connectivity index (χ2n) is 7.04. The molecule has 7 heteroatoms. The molecule has 5 nitrogen and oxygen atoms in total. The van der Waals surface area contributed by atoms with E-state index in [1.54, 1.807) is 19.1 Å². The average Bonchev–Trinajstić information content (AvgIpc) is 3.04. The van der Waals surface area contributed by atoms with Crippen molar-refractivity contribution in [2.24, 2.45) is 0 Å². The third-order valence-electron chi connectivity index (χ3n) is 4.87. The summed E-state index contributed by atoms with van der Waals surface area (Å²) in [5, 5.41) is 3.32. The number of rotatable bonds is 5. The van der Waals surface area contributed by atoms with Crippen LogP contribution in [0.2, 0.25) is 5.02 Å². The van der Waals surface area contributed by atoms with Gasteiger partial charge in [-0.25, -0.2) is 13.1 Å². The predicted molar refractivity (Wildman–Crippen MR) is 108 cm³/mol. The molecule has 27 heavy (non-hydrogen) atoms. The number of hydrogen-bond donors (Lipinski definition) is 2. The zero-order valence-electron chi connectivity index (χ0n) is 15.3. The van der Waals surface area contributed by atoms with Gasteiger partial charge in [0.25, 0.3) is 0 Å². The van der Waals surface area contributed by atoms with E-state index < -0.39 is 10.0 Å². The number of benzene rings is 2. The Hall–Kier alpha value is -1.89. The van der Waals surface area contributed by atoms with Crippen LogP contribution in [0.5, 0.6) is 0 Å². The molecule has 2 unspecified atom stereocenters. The number of aryl methyl sites for hydroxylation is 1. The number of halogens is 1. The Labute approximate surface area is 165 Å². The molecule has 0 spiro atoms. The van der Waals surface area contributed by atoms with Crippen molar-refractivity contribution in [1.82, 2.24) is 4.72 Å². The van der Waals surface area contributed by atoms with Gasteiger partial charge in [-0.3, -0.25) is 4.79 Å². The molecule has 0 radical (unpaired) electrons. The fourth-order valence-corrected chi connectivity index (χ4v) is 5.36. The molecular formula is C20H23ClN2O3S. The minimum absolute atomic E-state index is 0.122. The molecule has 0 heterocycles. The van der Waals surface area contributed by atoms with Crippen molar-refractivity contribution in [2.75, 3.05) is 5.32 Å². The number of anilines is 1. The van der Waals surface area contributed by atoms with Crippen LogP contribution in [-0.4, -0.2) is 20.4 Å². The first kappa shape index (κ1) is 19.9. The zero-order chi connectivity index (χ0) is 19.6. The van der Waals surface area contributed by atoms with Gasteiger partial charge in [-0.15, -0.1) is 0 Å². The normalized spacial score (nSPS) is 19.8. The van der Waals surface area contributed by atoms with Gasteiger partial charge in [0.1, 0.15) is 0 Å². The van der Waals surface area contributed by atoms with Gasteiger partial charge in [0, 0.05) is 23.7 Å². The van der Waals surface area contributed by atoms with E-state index in [-0.39, 0.29) is 16.8 Å². The van der Waals surface area contributed by atoms with Gasteiger partial charge < -0.3 is 5.32 Å². The van der Waals surface area contributed by atoms with Crippen LogP contribution in [0.3, 0.4) is 0 Å². The molecule has 1 fully saturated rings. The van der Waals surface area contributed by atoms with E-state index >= 15 is 0 Å². The lowest BCUT2D eigenvalue weighted by molar-refractivity contribution is -0.114. The van der Waals surface area contributed by atoms with Crippen LogP contribution < -0.4 is 10.0 Å². The summed E-state index contributed by atoms with van der Waals surface area (Å²) >= 11 is 6.07. The maximum absolute atomic E-state index is 12.9. The monoisotopic (exact) mass is 406 g/mol. The third kappa shape index (κ3) is 4.89. The van der Waals surface area contributed by atoms with Crippen LogP contribution in [0.1, 0.15) is 43.2 Å².